The summed E-state index contributed by atoms with van der Waals surface area (Å²) in [5.41, 5.74) is 2.87. The van der Waals surface area contributed by atoms with Gasteiger partial charge in [-0.15, -0.1) is 0 Å². The molecule has 1 amide bonds. The molecule has 0 radical (unpaired) electrons. The largest absolute Gasteiger partial charge is 0.391 e. The fourth-order valence-corrected chi connectivity index (χ4v) is 6.14. The normalized spacial score (nSPS) is 24.6. The van der Waals surface area contributed by atoms with Crippen LogP contribution in [-0.2, 0) is 5.41 Å². The highest BCUT2D eigenvalue weighted by Crippen LogP contribution is 2.48. The van der Waals surface area contributed by atoms with E-state index in [1.165, 1.54) is 18.1 Å². The predicted octanol–water partition coefficient (Wildman–Crippen LogP) is 4.20. The van der Waals surface area contributed by atoms with Gasteiger partial charge in [-0.3, -0.25) is 19.8 Å². The Labute approximate surface area is 194 Å². The second-order valence-corrected chi connectivity index (χ2v) is 9.90. The number of benzene rings is 2. The SMILES string of the molecule is Cc1ccc(C(=O)N2CC3(CCN([C@@H]4CCCC[C@@H]4O)CC3)c3ccccc32)cc1[N+](=O)[O-]. The van der Waals surface area contributed by atoms with E-state index in [1.807, 2.05) is 23.1 Å². The van der Waals surface area contributed by atoms with Crippen molar-refractivity contribution in [2.75, 3.05) is 24.5 Å². The van der Waals surface area contributed by atoms with Crippen LogP contribution in [0.5, 0.6) is 0 Å². The van der Waals surface area contributed by atoms with Crippen LogP contribution < -0.4 is 4.90 Å². The lowest BCUT2D eigenvalue weighted by molar-refractivity contribution is -0.385. The summed E-state index contributed by atoms with van der Waals surface area (Å²) in [4.78, 5) is 28.8. The summed E-state index contributed by atoms with van der Waals surface area (Å²) in [5.74, 6) is -0.187. The van der Waals surface area contributed by atoms with Gasteiger partial charge < -0.3 is 10.0 Å². The smallest absolute Gasteiger partial charge is 0.273 e. The average molecular weight is 450 g/mol. The zero-order valence-electron chi connectivity index (χ0n) is 19.1. The van der Waals surface area contributed by atoms with Gasteiger partial charge >= 0.3 is 0 Å². The summed E-state index contributed by atoms with van der Waals surface area (Å²) in [7, 11) is 0. The van der Waals surface area contributed by atoms with E-state index in [-0.39, 0.29) is 29.2 Å². The van der Waals surface area contributed by atoms with Crippen LogP contribution >= 0.6 is 0 Å². The molecule has 1 spiro atoms. The highest BCUT2D eigenvalue weighted by molar-refractivity contribution is 6.08. The van der Waals surface area contributed by atoms with Gasteiger partial charge in [0.05, 0.1) is 11.0 Å². The molecule has 2 aromatic carbocycles. The van der Waals surface area contributed by atoms with Crippen molar-refractivity contribution in [2.45, 2.75) is 63.0 Å². The van der Waals surface area contributed by atoms with Gasteiger partial charge in [-0.2, -0.15) is 0 Å². The molecule has 174 valence electrons. The van der Waals surface area contributed by atoms with Crippen molar-refractivity contribution in [3.05, 3.63) is 69.3 Å². The third kappa shape index (κ3) is 3.83. The summed E-state index contributed by atoms with van der Waals surface area (Å²) in [5, 5.41) is 21.9. The summed E-state index contributed by atoms with van der Waals surface area (Å²) in [6.07, 6.45) is 5.87. The molecule has 2 atom stereocenters. The van der Waals surface area contributed by atoms with Gasteiger partial charge in [0.1, 0.15) is 0 Å². The molecule has 1 saturated heterocycles. The van der Waals surface area contributed by atoms with Crippen LogP contribution in [0.15, 0.2) is 42.5 Å². The summed E-state index contributed by atoms with van der Waals surface area (Å²) >= 11 is 0. The van der Waals surface area contributed by atoms with Crippen molar-refractivity contribution < 1.29 is 14.8 Å². The van der Waals surface area contributed by atoms with Crippen LogP contribution in [0.3, 0.4) is 0 Å². The van der Waals surface area contributed by atoms with Crippen molar-refractivity contribution in [2.24, 2.45) is 0 Å². The molecule has 2 heterocycles. The molecule has 7 nitrogen and oxygen atoms in total. The average Bonchev–Trinajstić information content (AvgIpc) is 3.14. The van der Waals surface area contributed by atoms with Crippen molar-refractivity contribution >= 4 is 17.3 Å². The minimum atomic E-state index is -0.430. The Bertz CT molecular complexity index is 1080. The summed E-state index contributed by atoms with van der Waals surface area (Å²) in [6.45, 7) is 4.10. The number of hydrogen-bond donors (Lipinski definition) is 1. The van der Waals surface area contributed by atoms with E-state index < -0.39 is 4.92 Å². The third-order valence-electron chi connectivity index (χ3n) is 8.04. The Morgan fingerprint density at radius 1 is 1.12 bits per heavy atom. The molecular weight excluding hydrogens is 418 g/mol. The Morgan fingerprint density at radius 2 is 1.85 bits per heavy atom. The lowest BCUT2D eigenvalue weighted by Crippen LogP contribution is -2.53. The molecule has 33 heavy (non-hydrogen) atoms. The van der Waals surface area contributed by atoms with E-state index >= 15 is 0 Å². The highest BCUT2D eigenvalue weighted by atomic mass is 16.6. The highest BCUT2D eigenvalue weighted by Gasteiger charge is 2.47. The van der Waals surface area contributed by atoms with E-state index in [4.69, 9.17) is 0 Å². The summed E-state index contributed by atoms with van der Waals surface area (Å²) < 4.78 is 0. The zero-order valence-corrected chi connectivity index (χ0v) is 19.1. The van der Waals surface area contributed by atoms with Gasteiger partial charge in [0, 0.05) is 40.9 Å². The van der Waals surface area contributed by atoms with Crippen molar-refractivity contribution in [3.8, 4) is 0 Å². The molecule has 1 aliphatic carbocycles. The lowest BCUT2D eigenvalue weighted by Gasteiger charge is -2.45. The van der Waals surface area contributed by atoms with E-state index in [0.717, 1.165) is 50.9 Å². The van der Waals surface area contributed by atoms with Crippen LogP contribution in [0.1, 0.15) is 60.0 Å². The molecule has 2 aromatic rings. The van der Waals surface area contributed by atoms with E-state index in [2.05, 4.69) is 11.0 Å². The van der Waals surface area contributed by atoms with E-state index in [9.17, 15) is 20.0 Å². The number of amides is 1. The molecule has 2 fully saturated rings. The minimum Gasteiger partial charge on any atom is -0.391 e. The Hall–Kier alpha value is -2.77. The molecule has 7 heteroatoms. The number of aliphatic hydroxyl groups excluding tert-OH is 1. The number of anilines is 1. The lowest BCUT2D eigenvalue weighted by atomic mass is 9.73. The number of carbonyl (C=O) groups is 1. The Balaban J connectivity index is 1.40. The van der Waals surface area contributed by atoms with Gasteiger partial charge in [-0.05, 0) is 63.4 Å². The fourth-order valence-electron chi connectivity index (χ4n) is 6.14. The number of aryl methyl sites for hydroxylation is 1. The van der Waals surface area contributed by atoms with Crippen LogP contribution in [0.4, 0.5) is 11.4 Å². The molecular formula is C26H31N3O4. The summed E-state index contributed by atoms with van der Waals surface area (Å²) in [6, 6.07) is 13.1. The van der Waals surface area contributed by atoms with Crippen LogP contribution in [0, 0.1) is 17.0 Å². The number of piperidine rings is 1. The Kier molecular flexibility index (Phi) is 5.70. The predicted molar refractivity (Wildman–Crippen MR) is 127 cm³/mol. The van der Waals surface area contributed by atoms with Gasteiger partial charge in [0.2, 0.25) is 0 Å². The maximum Gasteiger partial charge on any atom is 0.273 e. The minimum absolute atomic E-state index is 0.0256. The fraction of sp³-hybridized carbons (Fsp3) is 0.500. The van der Waals surface area contributed by atoms with Gasteiger partial charge in [0.15, 0.2) is 0 Å². The maximum atomic E-state index is 13.5. The number of rotatable bonds is 3. The number of para-hydroxylation sites is 1. The van der Waals surface area contributed by atoms with Crippen LogP contribution in [-0.4, -0.2) is 52.6 Å². The van der Waals surface area contributed by atoms with Crippen molar-refractivity contribution in [1.82, 2.24) is 4.90 Å². The second-order valence-electron chi connectivity index (χ2n) is 9.90. The standard InChI is InChI=1S/C26H31N3O4/c1-18-10-11-19(16-23(18)29(32)33)25(31)28-17-26(20-6-2-3-7-21(20)28)12-14-27(15-13-26)22-8-4-5-9-24(22)30/h2-3,6-7,10-11,16,22,24,30H,4-5,8-9,12-15,17H2,1H3/t22-,24+/m1/s1. The first-order valence-electron chi connectivity index (χ1n) is 12.0. The molecule has 1 saturated carbocycles. The zero-order chi connectivity index (χ0) is 23.2. The van der Waals surface area contributed by atoms with Gasteiger partial charge in [-0.1, -0.05) is 37.1 Å². The number of nitrogens with zero attached hydrogens (tertiary/aromatic N) is 3. The molecule has 5 rings (SSSR count). The third-order valence-corrected chi connectivity index (χ3v) is 8.04. The first-order chi connectivity index (χ1) is 15.9. The molecule has 1 N–H and O–H groups in total. The molecule has 3 aliphatic rings. The number of fused-ring (bicyclic) bond motifs is 2. The monoisotopic (exact) mass is 449 g/mol. The first kappa shape index (κ1) is 22.0. The van der Waals surface area contributed by atoms with Crippen molar-refractivity contribution in [1.29, 1.82) is 0 Å². The quantitative estimate of drug-likeness (QED) is 0.561. The molecule has 0 unspecified atom stereocenters. The number of nitro groups is 1. The van der Waals surface area contributed by atoms with Gasteiger partial charge in [0.25, 0.3) is 11.6 Å². The maximum absolute atomic E-state index is 13.5. The number of likely N-dealkylation sites (tertiary alicyclic amines) is 1. The van der Waals surface area contributed by atoms with Crippen molar-refractivity contribution in [3.63, 3.8) is 0 Å². The topological polar surface area (TPSA) is 86.9 Å². The number of aliphatic hydroxyl groups is 1. The van der Waals surface area contributed by atoms with Gasteiger partial charge in [-0.25, -0.2) is 0 Å². The number of hydrogen-bond acceptors (Lipinski definition) is 5. The molecule has 0 bridgehead atoms. The molecule has 2 aliphatic heterocycles. The first-order valence-corrected chi connectivity index (χ1v) is 12.0. The second kappa shape index (κ2) is 8.54. The van der Waals surface area contributed by atoms with Crippen LogP contribution in [0.2, 0.25) is 0 Å². The molecule has 0 aromatic heterocycles. The number of nitro benzene ring substituents is 1. The Morgan fingerprint density at radius 3 is 2.58 bits per heavy atom. The van der Waals surface area contributed by atoms with Crippen LogP contribution in [0.25, 0.3) is 0 Å². The number of carbonyl (C=O) groups excluding carboxylic acids is 1. The van der Waals surface area contributed by atoms with E-state index in [1.54, 1.807) is 19.1 Å². The van der Waals surface area contributed by atoms with E-state index in [0.29, 0.717) is 17.7 Å².